The summed E-state index contributed by atoms with van der Waals surface area (Å²) in [5.74, 6) is 0.318. The summed E-state index contributed by atoms with van der Waals surface area (Å²) in [5, 5.41) is 10.9. The summed E-state index contributed by atoms with van der Waals surface area (Å²) in [7, 11) is 1.42. The molecule has 6 nitrogen and oxygen atoms in total. The van der Waals surface area contributed by atoms with Gasteiger partial charge < -0.3 is 9.47 Å². The van der Waals surface area contributed by atoms with Crippen LogP contribution >= 0.6 is 0 Å². The Morgan fingerprint density at radius 3 is 2.67 bits per heavy atom. The molecule has 0 aliphatic heterocycles. The van der Waals surface area contributed by atoms with E-state index in [0.717, 1.165) is 0 Å². The summed E-state index contributed by atoms with van der Waals surface area (Å²) in [5.41, 5.74) is -0.217. The Balaban J connectivity index is 3.01. The normalized spacial score (nSPS) is 11.7. The van der Waals surface area contributed by atoms with Crippen molar-refractivity contribution in [1.82, 2.24) is 0 Å². The van der Waals surface area contributed by atoms with E-state index < -0.39 is 11.0 Å². The summed E-state index contributed by atoms with van der Waals surface area (Å²) in [4.78, 5) is 21.7. The fourth-order valence-electron chi connectivity index (χ4n) is 1.41. The van der Waals surface area contributed by atoms with Gasteiger partial charge in [-0.2, -0.15) is 0 Å². The number of nitrogens with zero attached hydrogens (tertiary/aromatic N) is 1. The van der Waals surface area contributed by atoms with E-state index in [2.05, 4.69) is 0 Å². The number of benzene rings is 1. The first-order chi connectivity index (χ1) is 8.49. The van der Waals surface area contributed by atoms with Gasteiger partial charge >= 0.3 is 5.69 Å². The fourth-order valence-corrected chi connectivity index (χ4v) is 1.41. The molecule has 18 heavy (non-hydrogen) atoms. The largest absolute Gasteiger partial charge is 0.496 e. The molecule has 98 valence electrons. The molecule has 1 atom stereocenters. The predicted molar refractivity (Wildman–Crippen MR) is 65.0 cm³/mol. The van der Waals surface area contributed by atoms with E-state index >= 15 is 0 Å². The van der Waals surface area contributed by atoms with Gasteiger partial charge in [0.1, 0.15) is 5.75 Å². The Kier molecular flexibility index (Phi) is 4.65. The lowest BCUT2D eigenvalue weighted by atomic mass is 10.2. The summed E-state index contributed by atoms with van der Waals surface area (Å²) < 4.78 is 10.2. The van der Waals surface area contributed by atoms with Gasteiger partial charge in [0, 0.05) is 6.42 Å². The molecule has 0 N–H and O–H groups in total. The molecule has 1 aromatic carbocycles. The molecule has 1 aromatic rings. The van der Waals surface area contributed by atoms with Crippen LogP contribution in [0.4, 0.5) is 5.69 Å². The highest BCUT2D eigenvalue weighted by Crippen LogP contribution is 2.31. The lowest BCUT2D eigenvalue weighted by Gasteiger charge is -2.13. The second-order valence-electron chi connectivity index (χ2n) is 3.67. The third-order valence-corrected chi connectivity index (χ3v) is 2.47. The summed E-state index contributed by atoms with van der Waals surface area (Å²) in [6, 6.07) is 4.24. The first kappa shape index (κ1) is 14.0. The van der Waals surface area contributed by atoms with Gasteiger partial charge in [-0.05, 0) is 19.1 Å². The van der Waals surface area contributed by atoms with Gasteiger partial charge in [0.2, 0.25) is 0 Å². The Bertz CT molecular complexity index is 458. The van der Waals surface area contributed by atoms with Crippen molar-refractivity contribution >= 4 is 11.5 Å². The highest BCUT2D eigenvalue weighted by atomic mass is 16.6. The molecule has 0 saturated heterocycles. The monoisotopic (exact) mass is 253 g/mol. The Morgan fingerprint density at radius 1 is 1.50 bits per heavy atom. The topological polar surface area (TPSA) is 78.7 Å². The first-order valence-electron chi connectivity index (χ1n) is 5.51. The molecule has 0 radical (unpaired) electrons. The molecule has 0 bridgehead atoms. The van der Waals surface area contributed by atoms with Crippen molar-refractivity contribution < 1.29 is 19.2 Å². The minimum atomic E-state index is -0.706. The molecule has 1 rings (SSSR count). The highest BCUT2D eigenvalue weighted by molar-refractivity contribution is 5.82. The fraction of sp³-hybridized carbons (Fsp3) is 0.417. The van der Waals surface area contributed by atoms with Crippen LogP contribution in [0.3, 0.4) is 0 Å². The van der Waals surface area contributed by atoms with Crippen LogP contribution in [0.5, 0.6) is 11.5 Å². The number of Topliss-reactive ketones (excluding diaryl/α,β-unsaturated/α-hetero) is 1. The zero-order valence-corrected chi connectivity index (χ0v) is 10.5. The number of nitro benzene ring substituents is 1. The minimum Gasteiger partial charge on any atom is -0.496 e. The SMILES string of the molecule is CCC(=O)C(C)Oc1ccc(OC)cc1[N+](=O)[O-]. The lowest BCUT2D eigenvalue weighted by molar-refractivity contribution is -0.386. The third kappa shape index (κ3) is 3.19. The van der Waals surface area contributed by atoms with E-state index in [1.807, 2.05) is 0 Å². The molecule has 0 spiro atoms. The summed E-state index contributed by atoms with van der Waals surface area (Å²) >= 11 is 0. The van der Waals surface area contributed by atoms with Crippen LogP contribution < -0.4 is 9.47 Å². The Hall–Kier alpha value is -2.11. The van der Waals surface area contributed by atoms with Crippen LogP contribution in [0.25, 0.3) is 0 Å². The van der Waals surface area contributed by atoms with Gasteiger partial charge in [-0.15, -0.1) is 0 Å². The van der Waals surface area contributed by atoms with Crippen LogP contribution in [0.1, 0.15) is 20.3 Å². The number of rotatable bonds is 6. The number of ether oxygens (including phenoxy) is 2. The van der Waals surface area contributed by atoms with Crippen molar-refractivity contribution in [3.8, 4) is 11.5 Å². The quantitative estimate of drug-likeness (QED) is 0.574. The number of hydrogen-bond donors (Lipinski definition) is 0. The molecule has 0 fully saturated rings. The summed E-state index contributed by atoms with van der Waals surface area (Å²) in [6.45, 7) is 3.28. The van der Waals surface area contributed by atoms with Gasteiger partial charge in [0.05, 0.1) is 18.1 Å². The molecule has 1 unspecified atom stereocenters. The number of hydrogen-bond acceptors (Lipinski definition) is 5. The standard InChI is InChI=1S/C12H15NO5/c1-4-11(14)8(2)18-12-6-5-9(17-3)7-10(12)13(15)16/h5-8H,4H2,1-3H3. The predicted octanol–water partition coefficient (Wildman–Crippen LogP) is 2.35. The van der Waals surface area contributed by atoms with Gasteiger partial charge in [0.25, 0.3) is 0 Å². The van der Waals surface area contributed by atoms with E-state index in [1.54, 1.807) is 19.9 Å². The molecule has 0 aliphatic rings. The van der Waals surface area contributed by atoms with Crippen molar-refractivity contribution in [2.24, 2.45) is 0 Å². The zero-order valence-electron chi connectivity index (χ0n) is 10.5. The Labute approximate surface area is 105 Å². The van der Waals surface area contributed by atoms with E-state index in [9.17, 15) is 14.9 Å². The highest BCUT2D eigenvalue weighted by Gasteiger charge is 2.20. The molecule has 0 saturated carbocycles. The van der Waals surface area contributed by atoms with Crippen LogP contribution in [-0.4, -0.2) is 23.9 Å². The van der Waals surface area contributed by atoms with E-state index in [4.69, 9.17) is 9.47 Å². The van der Waals surface area contributed by atoms with Crippen molar-refractivity contribution in [2.75, 3.05) is 7.11 Å². The average molecular weight is 253 g/mol. The van der Waals surface area contributed by atoms with Crippen LogP contribution in [0.15, 0.2) is 18.2 Å². The zero-order chi connectivity index (χ0) is 13.7. The van der Waals surface area contributed by atoms with E-state index in [0.29, 0.717) is 12.2 Å². The van der Waals surface area contributed by atoms with Crippen molar-refractivity contribution in [3.63, 3.8) is 0 Å². The molecular formula is C12H15NO5. The molecule has 6 heteroatoms. The van der Waals surface area contributed by atoms with Crippen LogP contribution in [0, 0.1) is 10.1 Å². The lowest BCUT2D eigenvalue weighted by Crippen LogP contribution is -2.23. The van der Waals surface area contributed by atoms with Crippen LogP contribution in [-0.2, 0) is 4.79 Å². The second kappa shape index (κ2) is 6.00. The molecule has 0 aliphatic carbocycles. The third-order valence-electron chi connectivity index (χ3n) is 2.47. The molecular weight excluding hydrogens is 238 g/mol. The van der Waals surface area contributed by atoms with Gasteiger partial charge in [0.15, 0.2) is 17.6 Å². The maximum atomic E-state index is 11.4. The van der Waals surface area contributed by atoms with E-state index in [-0.39, 0.29) is 17.2 Å². The number of carbonyl (C=O) groups excluding carboxylic acids is 1. The van der Waals surface area contributed by atoms with Gasteiger partial charge in [-0.3, -0.25) is 14.9 Å². The number of nitro groups is 1. The van der Waals surface area contributed by atoms with Gasteiger partial charge in [-0.25, -0.2) is 0 Å². The smallest absolute Gasteiger partial charge is 0.314 e. The van der Waals surface area contributed by atoms with E-state index in [1.165, 1.54) is 19.2 Å². The number of carbonyl (C=O) groups is 1. The van der Waals surface area contributed by atoms with Crippen molar-refractivity contribution in [1.29, 1.82) is 0 Å². The molecule has 0 aromatic heterocycles. The first-order valence-corrected chi connectivity index (χ1v) is 5.51. The molecule has 0 heterocycles. The van der Waals surface area contributed by atoms with Crippen molar-refractivity contribution in [2.45, 2.75) is 26.4 Å². The van der Waals surface area contributed by atoms with Gasteiger partial charge in [-0.1, -0.05) is 6.92 Å². The molecule has 0 amide bonds. The number of methoxy groups -OCH3 is 1. The average Bonchev–Trinajstić information content (AvgIpc) is 2.37. The minimum absolute atomic E-state index is 0.0649. The number of ketones is 1. The van der Waals surface area contributed by atoms with Crippen molar-refractivity contribution in [3.05, 3.63) is 28.3 Å². The maximum absolute atomic E-state index is 11.4. The van der Waals surface area contributed by atoms with Crippen LogP contribution in [0.2, 0.25) is 0 Å². The summed E-state index contributed by atoms with van der Waals surface area (Å²) in [6.07, 6.45) is -0.382. The second-order valence-corrected chi connectivity index (χ2v) is 3.67. The maximum Gasteiger partial charge on any atom is 0.314 e. The Morgan fingerprint density at radius 2 is 2.17 bits per heavy atom.